The maximum absolute atomic E-state index is 11.7. The number of hydrogen-bond acceptors (Lipinski definition) is 3. The van der Waals surface area contributed by atoms with Crippen molar-refractivity contribution in [1.29, 1.82) is 0 Å². The Labute approximate surface area is 99.9 Å². The van der Waals surface area contributed by atoms with E-state index in [1.165, 1.54) is 23.6 Å². The highest BCUT2D eigenvalue weighted by atomic mass is 35.5. The van der Waals surface area contributed by atoms with Crippen LogP contribution in [0.2, 0.25) is 4.34 Å². The largest absolute Gasteiger partial charge is 0.328 e. The maximum Gasteiger partial charge on any atom is 0.261 e. The molecule has 0 fully saturated rings. The second kappa shape index (κ2) is 4.51. The van der Waals surface area contributed by atoms with Crippen LogP contribution in [-0.2, 0) is 0 Å². The Balaban J connectivity index is 2.25. The third-order valence-electron chi connectivity index (χ3n) is 1.93. The molecule has 0 spiro atoms. The van der Waals surface area contributed by atoms with E-state index in [2.05, 4.69) is 10.3 Å². The topological polar surface area (TPSA) is 62.0 Å². The molecule has 1 amide bonds. The van der Waals surface area contributed by atoms with E-state index in [0.717, 1.165) is 0 Å². The van der Waals surface area contributed by atoms with Gasteiger partial charge in [0, 0.05) is 6.20 Å². The molecule has 2 heterocycles. The van der Waals surface area contributed by atoms with E-state index in [0.29, 0.717) is 10.0 Å². The van der Waals surface area contributed by atoms with Crippen molar-refractivity contribution in [3.63, 3.8) is 0 Å². The van der Waals surface area contributed by atoms with Crippen LogP contribution in [0, 0.1) is 0 Å². The van der Waals surface area contributed by atoms with Crippen molar-refractivity contribution in [2.24, 2.45) is 0 Å². The molecule has 6 heteroatoms. The number of carbonyl (C=O) groups excluding carboxylic acids is 1. The average molecular weight is 255 g/mol. The predicted molar refractivity (Wildman–Crippen MR) is 64.3 cm³/mol. The van der Waals surface area contributed by atoms with Crippen LogP contribution < -0.4 is 10.9 Å². The Morgan fingerprint density at radius 1 is 1.44 bits per heavy atom. The Hall–Kier alpha value is -1.59. The highest BCUT2D eigenvalue weighted by Crippen LogP contribution is 2.27. The summed E-state index contributed by atoms with van der Waals surface area (Å²) in [6.45, 7) is 0. The van der Waals surface area contributed by atoms with E-state index in [1.54, 1.807) is 17.5 Å². The summed E-state index contributed by atoms with van der Waals surface area (Å²) in [4.78, 5) is 25.5. The van der Waals surface area contributed by atoms with Crippen LogP contribution in [0.3, 0.4) is 0 Å². The number of rotatable bonds is 2. The van der Waals surface area contributed by atoms with Gasteiger partial charge in [-0.3, -0.25) is 9.59 Å². The quantitative estimate of drug-likeness (QED) is 0.864. The lowest BCUT2D eigenvalue weighted by Crippen LogP contribution is -2.22. The first-order chi connectivity index (χ1) is 7.68. The van der Waals surface area contributed by atoms with Gasteiger partial charge in [-0.05, 0) is 23.6 Å². The van der Waals surface area contributed by atoms with Crippen LogP contribution in [0.1, 0.15) is 10.4 Å². The number of anilines is 1. The molecule has 0 unspecified atom stereocenters. The first-order valence-corrected chi connectivity index (χ1v) is 5.66. The zero-order chi connectivity index (χ0) is 11.5. The van der Waals surface area contributed by atoms with Crippen LogP contribution >= 0.6 is 22.9 Å². The molecule has 0 bridgehead atoms. The van der Waals surface area contributed by atoms with Crippen molar-refractivity contribution in [2.45, 2.75) is 0 Å². The molecule has 0 aromatic carbocycles. The summed E-state index contributed by atoms with van der Waals surface area (Å²) in [6, 6.07) is 4.72. The zero-order valence-electron chi connectivity index (χ0n) is 7.99. The van der Waals surface area contributed by atoms with Crippen molar-refractivity contribution >= 4 is 34.5 Å². The van der Waals surface area contributed by atoms with Crippen molar-refractivity contribution < 1.29 is 4.79 Å². The molecule has 2 aromatic rings. The predicted octanol–water partition coefficient (Wildman–Crippen LogP) is 2.34. The second-order valence-corrected chi connectivity index (χ2v) is 4.49. The Kier molecular flexibility index (Phi) is 3.07. The van der Waals surface area contributed by atoms with Crippen LogP contribution in [0.25, 0.3) is 0 Å². The summed E-state index contributed by atoms with van der Waals surface area (Å²) in [7, 11) is 0. The van der Waals surface area contributed by atoms with E-state index >= 15 is 0 Å². The number of H-pyrrole nitrogens is 1. The summed E-state index contributed by atoms with van der Waals surface area (Å²) in [5.41, 5.74) is 0.149. The number of thiophene rings is 1. The minimum Gasteiger partial charge on any atom is -0.328 e. The van der Waals surface area contributed by atoms with E-state index in [-0.39, 0.29) is 5.56 Å². The molecule has 2 rings (SSSR count). The summed E-state index contributed by atoms with van der Waals surface area (Å²) >= 11 is 7.14. The van der Waals surface area contributed by atoms with Gasteiger partial charge < -0.3 is 10.3 Å². The lowest BCUT2D eigenvalue weighted by molar-refractivity contribution is 0.102. The van der Waals surface area contributed by atoms with Gasteiger partial charge in [0.05, 0.1) is 5.69 Å². The number of carbonyl (C=O) groups is 1. The highest BCUT2D eigenvalue weighted by Gasteiger charge is 2.11. The first-order valence-electron chi connectivity index (χ1n) is 4.40. The molecule has 0 aliphatic carbocycles. The molecule has 0 saturated heterocycles. The number of aromatic nitrogens is 1. The normalized spacial score (nSPS) is 10.1. The van der Waals surface area contributed by atoms with Crippen molar-refractivity contribution in [1.82, 2.24) is 4.98 Å². The zero-order valence-corrected chi connectivity index (χ0v) is 9.56. The second-order valence-electron chi connectivity index (χ2n) is 2.98. The Morgan fingerprint density at radius 2 is 2.25 bits per heavy atom. The van der Waals surface area contributed by atoms with Gasteiger partial charge in [-0.2, -0.15) is 0 Å². The fraction of sp³-hybridized carbons (Fsp3) is 0. The van der Waals surface area contributed by atoms with Gasteiger partial charge in [0.25, 0.3) is 11.5 Å². The summed E-state index contributed by atoms with van der Waals surface area (Å²) in [5, 5.41) is 4.32. The lowest BCUT2D eigenvalue weighted by atomic mass is 10.2. The third kappa shape index (κ3) is 2.15. The van der Waals surface area contributed by atoms with Gasteiger partial charge in [-0.1, -0.05) is 11.6 Å². The van der Waals surface area contributed by atoms with Crippen LogP contribution in [0.4, 0.5) is 5.69 Å². The third-order valence-corrected chi connectivity index (χ3v) is 3.10. The summed E-state index contributed by atoms with van der Waals surface area (Å²) < 4.78 is 0.487. The van der Waals surface area contributed by atoms with Crippen LogP contribution in [0.5, 0.6) is 0 Å². The standard InChI is InChI=1S/C10H7ClN2O2S/c11-8-7(3-5-16-8)13-10(15)6-2-1-4-12-9(6)14/h1-5H,(H,12,14)(H,13,15). The summed E-state index contributed by atoms with van der Waals surface area (Å²) in [5.74, 6) is -0.470. The summed E-state index contributed by atoms with van der Waals surface area (Å²) in [6.07, 6.45) is 1.47. The molecule has 16 heavy (non-hydrogen) atoms. The lowest BCUT2D eigenvalue weighted by Gasteiger charge is -2.02. The number of hydrogen-bond donors (Lipinski definition) is 2. The van der Waals surface area contributed by atoms with Gasteiger partial charge in [-0.15, -0.1) is 11.3 Å². The van der Waals surface area contributed by atoms with Gasteiger partial charge in [0.15, 0.2) is 0 Å². The van der Waals surface area contributed by atoms with Gasteiger partial charge in [0.1, 0.15) is 9.90 Å². The molecule has 0 saturated carbocycles. The number of halogens is 1. The maximum atomic E-state index is 11.7. The molecule has 2 N–H and O–H groups in total. The van der Waals surface area contributed by atoms with Crippen molar-refractivity contribution in [3.8, 4) is 0 Å². The molecule has 0 aliphatic rings. The molecule has 0 radical (unpaired) electrons. The minimum atomic E-state index is -0.470. The number of aromatic amines is 1. The van der Waals surface area contributed by atoms with Crippen LogP contribution in [0.15, 0.2) is 34.6 Å². The van der Waals surface area contributed by atoms with E-state index < -0.39 is 11.5 Å². The van der Waals surface area contributed by atoms with Crippen LogP contribution in [-0.4, -0.2) is 10.9 Å². The van der Waals surface area contributed by atoms with E-state index in [9.17, 15) is 9.59 Å². The van der Waals surface area contributed by atoms with Crippen molar-refractivity contribution in [2.75, 3.05) is 5.32 Å². The SMILES string of the molecule is O=C(Nc1ccsc1Cl)c1ccc[nH]c1=O. The van der Waals surface area contributed by atoms with Gasteiger partial charge >= 0.3 is 0 Å². The molecule has 0 atom stereocenters. The molecule has 82 valence electrons. The number of pyridine rings is 1. The highest BCUT2D eigenvalue weighted by molar-refractivity contribution is 7.15. The fourth-order valence-corrected chi connectivity index (χ4v) is 2.01. The smallest absolute Gasteiger partial charge is 0.261 e. The fourth-order valence-electron chi connectivity index (χ4n) is 1.17. The molecular weight excluding hydrogens is 248 g/mol. The monoisotopic (exact) mass is 254 g/mol. The molecule has 4 nitrogen and oxygen atoms in total. The molecule has 0 aliphatic heterocycles. The first kappa shape index (κ1) is 10.9. The van der Waals surface area contributed by atoms with E-state index in [4.69, 9.17) is 11.6 Å². The van der Waals surface area contributed by atoms with Gasteiger partial charge in [-0.25, -0.2) is 0 Å². The van der Waals surface area contributed by atoms with E-state index in [1.807, 2.05) is 0 Å². The number of amides is 1. The number of nitrogens with one attached hydrogen (secondary N) is 2. The Bertz CT molecular complexity index is 576. The minimum absolute atomic E-state index is 0.0600. The average Bonchev–Trinajstić information content (AvgIpc) is 2.65. The molecule has 2 aromatic heterocycles. The van der Waals surface area contributed by atoms with Crippen molar-refractivity contribution in [3.05, 3.63) is 50.0 Å². The Morgan fingerprint density at radius 3 is 2.88 bits per heavy atom. The van der Waals surface area contributed by atoms with Gasteiger partial charge in [0.2, 0.25) is 0 Å². The molecular formula is C10H7ClN2O2S.